The number of benzene rings is 1. The predicted octanol–water partition coefficient (Wildman–Crippen LogP) is 1.65. The molecule has 0 unspecified atom stereocenters. The Kier molecular flexibility index (Phi) is 7.99. The largest absolute Gasteiger partial charge is 0.497 e. The average molecular weight is 391 g/mol. The van der Waals surface area contributed by atoms with Gasteiger partial charge in [0.2, 0.25) is 5.91 Å². The van der Waals surface area contributed by atoms with Crippen LogP contribution in [0, 0.1) is 11.8 Å². The summed E-state index contributed by atoms with van der Waals surface area (Å²) in [5.74, 6) is -1.03. The van der Waals surface area contributed by atoms with Gasteiger partial charge in [0.25, 0.3) is 0 Å². The van der Waals surface area contributed by atoms with Gasteiger partial charge >= 0.3 is 5.97 Å². The molecule has 0 heterocycles. The third-order valence-electron chi connectivity index (χ3n) is 5.03. The number of esters is 1. The lowest BCUT2D eigenvalue weighted by molar-refractivity contribution is -0.149. The molecule has 7 heteroatoms. The average Bonchev–Trinajstić information content (AvgIpc) is 2.65. The van der Waals surface area contributed by atoms with E-state index in [0.29, 0.717) is 25.0 Å². The van der Waals surface area contributed by atoms with Crippen molar-refractivity contribution in [3.63, 3.8) is 0 Å². The molecule has 1 aromatic carbocycles. The van der Waals surface area contributed by atoms with E-state index in [4.69, 9.17) is 9.47 Å². The maximum absolute atomic E-state index is 12.6. The number of ketones is 1. The Morgan fingerprint density at radius 3 is 2.39 bits per heavy atom. The molecule has 0 spiro atoms. The fourth-order valence-corrected chi connectivity index (χ4v) is 3.18. The predicted molar refractivity (Wildman–Crippen MR) is 103 cm³/mol. The molecular weight excluding hydrogens is 362 g/mol. The molecule has 1 aliphatic rings. The molecule has 1 aliphatic carbocycles. The van der Waals surface area contributed by atoms with Gasteiger partial charge in [-0.05, 0) is 50.8 Å². The van der Waals surface area contributed by atoms with Crippen molar-refractivity contribution in [3.8, 4) is 5.75 Å². The van der Waals surface area contributed by atoms with Crippen LogP contribution in [-0.4, -0.2) is 48.6 Å². The maximum Gasteiger partial charge on any atom is 0.309 e. The highest BCUT2D eigenvalue weighted by Crippen LogP contribution is 2.27. The van der Waals surface area contributed by atoms with Crippen molar-refractivity contribution in [1.82, 2.24) is 5.32 Å². The highest BCUT2D eigenvalue weighted by atomic mass is 16.5. The maximum atomic E-state index is 12.6. The number of hydrogen-bond acceptors (Lipinski definition) is 6. The Morgan fingerprint density at radius 2 is 1.86 bits per heavy atom. The third-order valence-corrected chi connectivity index (χ3v) is 5.03. The van der Waals surface area contributed by atoms with Crippen LogP contribution < -0.4 is 10.1 Å². The molecule has 1 aromatic rings. The fourth-order valence-electron chi connectivity index (χ4n) is 3.18. The number of carbonyl (C=O) groups excluding carboxylic acids is 3. The first-order chi connectivity index (χ1) is 13.3. The molecule has 0 aliphatic heterocycles. The van der Waals surface area contributed by atoms with Gasteiger partial charge in [0.1, 0.15) is 5.75 Å². The Bertz CT molecular complexity index is 681. The van der Waals surface area contributed by atoms with Gasteiger partial charge in [0.15, 0.2) is 5.78 Å². The first kappa shape index (κ1) is 21.9. The number of methoxy groups -OCH3 is 1. The lowest BCUT2D eigenvalue weighted by Gasteiger charge is -2.31. The molecule has 28 heavy (non-hydrogen) atoms. The van der Waals surface area contributed by atoms with Crippen LogP contribution in [-0.2, 0) is 25.5 Å². The minimum Gasteiger partial charge on any atom is -0.497 e. The second-order valence-electron chi connectivity index (χ2n) is 7.22. The Hall–Kier alpha value is -2.41. The van der Waals surface area contributed by atoms with Crippen LogP contribution in [0.3, 0.4) is 0 Å². The van der Waals surface area contributed by atoms with Crippen molar-refractivity contribution in [2.24, 2.45) is 11.8 Å². The van der Waals surface area contributed by atoms with E-state index in [1.54, 1.807) is 33.1 Å². The van der Waals surface area contributed by atoms with Crippen LogP contribution in [0.25, 0.3) is 0 Å². The molecule has 1 amide bonds. The van der Waals surface area contributed by atoms with E-state index in [2.05, 4.69) is 5.32 Å². The van der Waals surface area contributed by atoms with E-state index in [1.165, 1.54) is 0 Å². The number of hydrogen-bond donors (Lipinski definition) is 2. The standard InChI is InChI=1S/C21H29NO6/c1-4-28-21(26)16(9-14-5-7-18(27-3)8-6-14)12-19(24)13(2)22-20(25)15-10-17(23)11-15/h5-8,13,15-17,23H,4,9-12H2,1-3H3,(H,22,25)/t13-,15?,16-,17?/m1/s1. The van der Waals surface area contributed by atoms with Crippen molar-refractivity contribution in [3.05, 3.63) is 29.8 Å². The smallest absolute Gasteiger partial charge is 0.309 e. The van der Waals surface area contributed by atoms with E-state index in [9.17, 15) is 19.5 Å². The van der Waals surface area contributed by atoms with Gasteiger partial charge in [0.05, 0.1) is 31.8 Å². The second kappa shape index (κ2) is 10.2. The zero-order chi connectivity index (χ0) is 20.7. The summed E-state index contributed by atoms with van der Waals surface area (Å²) >= 11 is 0. The molecule has 0 aromatic heterocycles. The van der Waals surface area contributed by atoms with E-state index in [1.807, 2.05) is 12.1 Å². The monoisotopic (exact) mass is 391 g/mol. The first-order valence-corrected chi connectivity index (χ1v) is 9.64. The van der Waals surface area contributed by atoms with Gasteiger partial charge in [-0.15, -0.1) is 0 Å². The van der Waals surface area contributed by atoms with Gasteiger partial charge in [0, 0.05) is 12.3 Å². The minimum absolute atomic E-state index is 0.0143. The number of ether oxygens (including phenoxy) is 2. The quantitative estimate of drug-likeness (QED) is 0.588. The summed E-state index contributed by atoms with van der Waals surface area (Å²) in [7, 11) is 1.58. The summed E-state index contributed by atoms with van der Waals surface area (Å²) in [4.78, 5) is 37.0. The van der Waals surface area contributed by atoms with Crippen LogP contribution in [0.5, 0.6) is 5.75 Å². The van der Waals surface area contributed by atoms with Gasteiger partial charge in [-0.25, -0.2) is 0 Å². The van der Waals surface area contributed by atoms with Gasteiger partial charge < -0.3 is 19.9 Å². The SMILES string of the molecule is CCOC(=O)[C@@H](CC(=O)[C@@H](C)NC(=O)C1CC(O)C1)Cc1ccc(OC)cc1. The summed E-state index contributed by atoms with van der Waals surface area (Å²) in [5.41, 5.74) is 0.895. The number of carbonyl (C=O) groups is 3. The topological polar surface area (TPSA) is 102 Å². The number of Topliss-reactive ketones (excluding diaryl/α,β-unsaturated/α-hetero) is 1. The zero-order valence-corrected chi connectivity index (χ0v) is 16.6. The van der Waals surface area contributed by atoms with E-state index in [0.717, 1.165) is 5.56 Å². The molecule has 7 nitrogen and oxygen atoms in total. The lowest BCUT2D eigenvalue weighted by atomic mass is 9.81. The molecule has 1 saturated carbocycles. The third kappa shape index (κ3) is 6.05. The van der Waals surface area contributed by atoms with Gasteiger partial charge in [-0.3, -0.25) is 14.4 Å². The number of aliphatic hydroxyl groups is 1. The lowest BCUT2D eigenvalue weighted by Crippen LogP contribution is -2.47. The van der Waals surface area contributed by atoms with Crippen molar-refractivity contribution in [2.75, 3.05) is 13.7 Å². The second-order valence-corrected chi connectivity index (χ2v) is 7.22. The summed E-state index contributed by atoms with van der Waals surface area (Å²) in [5, 5.41) is 12.0. The van der Waals surface area contributed by atoms with Crippen LogP contribution in [0.1, 0.15) is 38.7 Å². The molecular formula is C21H29NO6. The van der Waals surface area contributed by atoms with E-state index in [-0.39, 0.29) is 30.6 Å². The summed E-state index contributed by atoms with van der Waals surface area (Å²) < 4.78 is 10.3. The molecule has 1 fully saturated rings. The molecule has 154 valence electrons. The van der Waals surface area contributed by atoms with Crippen LogP contribution >= 0.6 is 0 Å². The highest BCUT2D eigenvalue weighted by Gasteiger charge is 2.34. The molecule has 0 bridgehead atoms. The minimum atomic E-state index is -0.696. The van der Waals surface area contributed by atoms with Crippen LogP contribution in [0.4, 0.5) is 0 Å². The fraction of sp³-hybridized carbons (Fsp3) is 0.571. The molecule has 2 N–H and O–H groups in total. The summed E-state index contributed by atoms with van der Waals surface area (Å²) in [6.07, 6.45) is 0.772. The van der Waals surface area contributed by atoms with Gasteiger partial charge in [-0.2, -0.15) is 0 Å². The number of nitrogens with one attached hydrogen (secondary N) is 1. The Labute approximate surface area is 165 Å². The molecule has 0 saturated heterocycles. The molecule has 0 radical (unpaired) electrons. The number of amides is 1. The van der Waals surface area contributed by atoms with Crippen molar-refractivity contribution < 1.29 is 29.0 Å². The van der Waals surface area contributed by atoms with Crippen molar-refractivity contribution in [1.29, 1.82) is 0 Å². The number of rotatable bonds is 10. The van der Waals surface area contributed by atoms with E-state index < -0.39 is 24.0 Å². The molecule has 2 atom stereocenters. The van der Waals surface area contributed by atoms with Crippen LogP contribution in [0.2, 0.25) is 0 Å². The van der Waals surface area contributed by atoms with Gasteiger partial charge in [-0.1, -0.05) is 12.1 Å². The van der Waals surface area contributed by atoms with Crippen molar-refractivity contribution >= 4 is 17.7 Å². The Morgan fingerprint density at radius 1 is 1.21 bits per heavy atom. The highest BCUT2D eigenvalue weighted by molar-refractivity contribution is 5.92. The molecule has 2 rings (SSSR count). The Balaban J connectivity index is 1.96. The summed E-state index contributed by atoms with van der Waals surface area (Å²) in [6, 6.07) is 6.61. The number of aliphatic hydroxyl groups excluding tert-OH is 1. The van der Waals surface area contributed by atoms with Crippen LogP contribution in [0.15, 0.2) is 24.3 Å². The van der Waals surface area contributed by atoms with Crippen molar-refractivity contribution in [2.45, 2.75) is 51.7 Å². The summed E-state index contributed by atoms with van der Waals surface area (Å²) in [6.45, 7) is 3.58. The van der Waals surface area contributed by atoms with E-state index >= 15 is 0 Å². The first-order valence-electron chi connectivity index (χ1n) is 9.64. The normalized spacial score (nSPS) is 20.4. The zero-order valence-electron chi connectivity index (χ0n) is 16.6.